The van der Waals surface area contributed by atoms with Crippen molar-refractivity contribution in [2.45, 2.75) is 258 Å². The maximum Gasteiger partial charge on any atom is 0.472 e. The molecule has 0 heterocycles. The molecule has 0 aromatic rings. The zero-order valence-electron chi connectivity index (χ0n) is 38.0. The van der Waals surface area contributed by atoms with Gasteiger partial charge < -0.3 is 20.1 Å². The van der Waals surface area contributed by atoms with Gasteiger partial charge in [0.1, 0.15) is 12.7 Å². The molecule has 58 heavy (non-hydrogen) atoms. The highest BCUT2D eigenvalue weighted by molar-refractivity contribution is 7.47. The fourth-order valence-electron chi connectivity index (χ4n) is 7.20. The van der Waals surface area contributed by atoms with E-state index in [-0.39, 0.29) is 32.1 Å². The third kappa shape index (κ3) is 45.8. The van der Waals surface area contributed by atoms with Crippen molar-refractivity contribution < 1.29 is 37.9 Å². The summed E-state index contributed by atoms with van der Waals surface area (Å²) in [6.45, 7) is 3.60. The predicted molar refractivity (Wildman–Crippen MR) is 243 cm³/mol. The molecule has 0 aromatic heterocycles. The first-order valence-electron chi connectivity index (χ1n) is 24.7. The fraction of sp³-hybridized carbons (Fsp3) is 0.917. The maximum absolute atomic E-state index is 12.1. The lowest BCUT2D eigenvalue weighted by atomic mass is 10.0. The number of hydrogen-bond acceptors (Lipinski definition) is 7. The van der Waals surface area contributed by atoms with E-state index in [0.717, 1.165) is 38.5 Å². The van der Waals surface area contributed by atoms with Gasteiger partial charge in [0.2, 0.25) is 5.91 Å². The summed E-state index contributed by atoms with van der Waals surface area (Å²) in [7, 11) is -4.41. The van der Waals surface area contributed by atoms with Crippen LogP contribution in [0.25, 0.3) is 0 Å². The molecule has 0 radical (unpaired) electrons. The standard InChI is InChI=1S/C48H94NO8P/c1-3-5-7-9-11-13-15-17-19-20-21-22-23-24-25-26-27-29-31-33-35-37-39-41-48(52)55-44-46(50)45-57-58(53,54)56-43-42-49-47(51)40-38-36-34-32-30-28-18-16-14-12-10-8-6-4-2/h17,19,46,50H,3-16,18,20-45H2,1-2H3,(H,49,51)(H,53,54)/b19-17+. The van der Waals surface area contributed by atoms with Gasteiger partial charge in [-0.1, -0.05) is 212 Å². The van der Waals surface area contributed by atoms with Crippen LogP contribution in [-0.2, 0) is 27.9 Å². The van der Waals surface area contributed by atoms with E-state index in [4.69, 9.17) is 13.8 Å². The van der Waals surface area contributed by atoms with E-state index in [0.29, 0.717) is 6.42 Å². The summed E-state index contributed by atoms with van der Waals surface area (Å²) in [5.74, 6) is -0.504. The van der Waals surface area contributed by atoms with Gasteiger partial charge in [0.25, 0.3) is 0 Å². The van der Waals surface area contributed by atoms with Crippen molar-refractivity contribution in [2.75, 3.05) is 26.4 Å². The third-order valence-corrected chi connectivity index (χ3v) is 11.9. The van der Waals surface area contributed by atoms with Gasteiger partial charge in [0.05, 0.1) is 13.2 Å². The van der Waals surface area contributed by atoms with E-state index < -0.39 is 26.5 Å². The number of phosphoric ester groups is 1. The molecule has 2 unspecified atom stereocenters. The van der Waals surface area contributed by atoms with Crippen LogP contribution in [0.1, 0.15) is 251 Å². The highest BCUT2D eigenvalue weighted by Gasteiger charge is 2.23. The van der Waals surface area contributed by atoms with Gasteiger partial charge in [-0.15, -0.1) is 0 Å². The number of esters is 1. The van der Waals surface area contributed by atoms with Crippen LogP contribution >= 0.6 is 7.82 Å². The van der Waals surface area contributed by atoms with Crippen LogP contribution in [0, 0.1) is 0 Å². The number of phosphoric acid groups is 1. The molecule has 0 aliphatic heterocycles. The van der Waals surface area contributed by atoms with Crippen molar-refractivity contribution in [3.63, 3.8) is 0 Å². The summed E-state index contributed by atoms with van der Waals surface area (Å²) in [5, 5.41) is 12.7. The molecule has 0 aromatic carbocycles. The largest absolute Gasteiger partial charge is 0.472 e. The average Bonchev–Trinajstić information content (AvgIpc) is 3.21. The van der Waals surface area contributed by atoms with E-state index in [9.17, 15) is 24.2 Å². The number of aliphatic hydroxyl groups excluding tert-OH is 1. The van der Waals surface area contributed by atoms with Crippen molar-refractivity contribution in [3.05, 3.63) is 12.2 Å². The van der Waals surface area contributed by atoms with E-state index in [1.54, 1.807) is 0 Å². The number of hydrogen-bond donors (Lipinski definition) is 3. The monoisotopic (exact) mass is 844 g/mol. The molecule has 0 spiro atoms. The Hall–Kier alpha value is -1.25. The molecule has 0 rings (SSSR count). The first-order chi connectivity index (χ1) is 28.3. The molecule has 0 bridgehead atoms. The first-order valence-corrected chi connectivity index (χ1v) is 26.2. The fourth-order valence-corrected chi connectivity index (χ4v) is 7.96. The smallest absolute Gasteiger partial charge is 0.463 e. The van der Waals surface area contributed by atoms with E-state index in [2.05, 4.69) is 31.3 Å². The van der Waals surface area contributed by atoms with Crippen molar-refractivity contribution in [3.8, 4) is 0 Å². The molecule has 2 atom stereocenters. The summed E-state index contributed by atoms with van der Waals surface area (Å²) in [5.41, 5.74) is 0. The SMILES string of the molecule is CCCCCCCC/C=C/CCCCCCCCCCCCCCCC(=O)OCC(O)COP(=O)(O)OCCNC(=O)CCCCCCCCCCCCCCCC. The third-order valence-electron chi connectivity index (χ3n) is 10.9. The molecule has 9 nitrogen and oxygen atoms in total. The van der Waals surface area contributed by atoms with Crippen molar-refractivity contribution >= 4 is 19.7 Å². The molecule has 0 aliphatic carbocycles. The molecule has 10 heteroatoms. The number of aliphatic hydroxyl groups is 1. The van der Waals surface area contributed by atoms with Crippen LogP contribution in [0.3, 0.4) is 0 Å². The van der Waals surface area contributed by atoms with Gasteiger partial charge in [-0.25, -0.2) is 4.57 Å². The summed E-state index contributed by atoms with van der Waals surface area (Å²) >= 11 is 0. The Bertz CT molecular complexity index is 964. The Kier molecular flexibility index (Phi) is 44.3. The highest BCUT2D eigenvalue weighted by atomic mass is 31.2. The van der Waals surface area contributed by atoms with Gasteiger partial charge >= 0.3 is 13.8 Å². The van der Waals surface area contributed by atoms with Gasteiger partial charge in [0, 0.05) is 19.4 Å². The number of unbranched alkanes of at least 4 members (excludes halogenated alkanes) is 32. The number of rotatable bonds is 47. The zero-order valence-corrected chi connectivity index (χ0v) is 38.9. The minimum atomic E-state index is -4.41. The lowest BCUT2D eigenvalue weighted by Crippen LogP contribution is -2.27. The van der Waals surface area contributed by atoms with Crippen LogP contribution in [0.2, 0.25) is 0 Å². The second-order valence-electron chi connectivity index (χ2n) is 16.8. The molecule has 1 amide bonds. The van der Waals surface area contributed by atoms with Gasteiger partial charge in [-0.3, -0.25) is 18.6 Å². The number of carbonyl (C=O) groups excluding carboxylic acids is 2. The Balaban J connectivity index is 3.52. The molecule has 0 aliphatic rings. The van der Waals surface area contributed by atoms with Crippen LogP contribution in [0.4, 0.5) is 0 Å². The van der Waals surface area contributed by atoms with Crippen LogP contribution < -0.4 is 5.32 Å². The summed E-state index contributed by atoms with van der Waals surface area (Å²) in [6.07, 6.45) is 48.6. The van der Waals surface area contributed by atoms with Gasteiger partial charge in [-0.2, -0.15) is 0 Å². The molecule has 344 valence electrons. The molecular weight excluding hydrogens is 750 g/mol. The Labute approximate surface area is 358 Å². The van der Waals surface area contributed by atoms with Gasteiger partial charge in [-0.05, 0) is 38.5 Å². The molecule has 3 N–H and O–H groups in total. The quantitative estimate of drug-likeness (QED) is 0.0239. The van der Waals surface area contributed by atoms with Crippen LogP contribution in [-0.4, -0.2) is 54.3 Å². The average molecular weight is 844 g/mol. The van der Waals surface area contributed by atoms with Crippen molar-refractivity contribution in [1.82, 2.24) is 5.32 Å². The normalized spacial score (nSPS) is 13.2. The van der Waals surface area contributed by atoms with E-state index >= 15 is 0 Å². The van der Waals surface area contributed by atoms with Crippen molar-refractivity contribution in [2.24, 2.45) is 0 Å². The number of allylic oxidation sites excluding steroid dienone is 2. The Morgan fingerprint density at radius 1 is 0.517 bits per heavy atom. The van der Waals surface area contributed by atoms with E-state index in [1.165, 1.54) is 186 Å². The number of nitrogens with one attached hydrogen (secondary N) is 1. The Morgan fingerprint density at radius 3 is 1.29 bits per heavy atom. The molecule has 0 fully saturated rings. The predicted octanol–water partition coefficient (Wildman–Crippen LogP) is 14.2. The van der Waals surface area contributed by atoms with Crippen molar-refractivity contribution in [1.29, 1.82) is 0 Å². The number of carbonyl (C=O) groups is 2. The first kappa shape index (κ1) is 56.8. The van der Waals surface area contributed by atoms with Gasteiger partial charge in [0.15, 0.2) is 0 Å². The topological polar surface area (TPSA) is 131 Å². The second kappa shape index (κ2) is 45.3. The molecule has 0 saturated heterocycles. The minimum absolute atomic E-state index is 0.0870. The zero-order chi connectivity index (χ0) is 42.5. The summed E-state index contributed by atoms with van der Waals surface area (Å²) < 4.78 is 26.9. The number of amides is 1. The number of ether oxygens (including phenoxy) is 1. The highest BCUT2D eigenvalue weighted by Crippen LogP contribution is 2.42. The summed E-state index contributed by atoms with van der Waals surface area (Å²) in [6, 6.07) is 0. The lowest BCUT2D eigenvalue weighted by Gasteiger charge is -2.15. The second-order valence-corrected chi connectivity index (χ2v) is 18.2. The maximum atomic E-state index is 12.1. The van der Waals surface area contributed by atoms with Crippen LogP contribution in [0.5, 0.6) is 0 Å². The van der Waals surface area contributed by atoms with E-state index in [1.807, 2.05) is 0 Å². The molecular formula is C48H94NO8P. The minimum Gasteiger partial charge on any atom is -0.463 e. The Morgan fingerprint density at radius 2 is 0.879 bits per heavy atom. The molecule has 0 saturated carbocycles. The summed E-state index contributed by atoms with van der Waals surface area (Å²) in [4.78, 5) is 34.0. The van der Waals surface area contributed by atoms with Crippen LogP contribution in [0.15, 0.2) is 12.2 Å². The lowest BCUT2D eigenvalue weighted by molar-refractivity contribution is -0.147.